The van der Waals surface area contributed by atoms with Gasteiger partial charge in [-0.25, -0.2) is 0 Å². The Kier molecular flexibility index (Phi) is 24.8. The van der Waals surface area contributed by atoms with Crippen molar-refractivity contribution in [2.24, 2.45) is 17.2 Å². The molecule has 0 saturated heterocycles. The summed E-state index contributed by atoms with van der Waals surface area (Å²) in [6.45, 7) is 0. The van der Waals surface area contributed by atoms with Crippen LogP contribution in [-0.2, 0) is 28.8 Å². The van der Waals surface area contributed by atoms with E-state index in [1.54, 1.807) is 0 Å². The summed E-state index contributed by atoms with van der Waals surface area (Å²) in [5.41, 5.74) is 14.2. The first-order valence-corrected chi connectivity index (χ1v) is 6.60. The molecule has 0 aromatic carbocycles. The molecule has 0 aromatic heterocycles. The molecule has 0 radical (unpaired) electrons. The van der Waals surface area contributed by atoms with Crippen molar-refractivity contribution in [1.82, 2.24) is 0 Å². The molecule has 3 unspecified atom stereocenters. The molecule has 156 valence electrons. The van der Waals surface area contributed by atoms with E-state index in [-0.39, 0.29) is 16.8 Å². The molecule has 0 amide bonds. The van der Waals surface area contributed by atoms with Crippen molar-refractivity contribution in [3.63, 3.8) is 0 Å². The maximum Gasteiger partial charge on any atom is 3.00 e. The quantitative estimate of drug-likeness (QED) is 0.294. The molecular formula is C12H15B2N3O12. The Labute approximate surface area is 167 Å². The average molecular weight is 415 g/mol. The Morgan fingerprint density at radius 2 is 0.621 bits per heavy atom. The van der Waals surface area contributed by atoms with Gasteiger partial charge in [0.25, 0.3) is 0 Å². The Balaban J connectivity index is -0.0000000960. The van der Waals surface area contributed by atoms with E-state index in [9.17, 15) is 59.4 Å². The second kappa shape index (κ2) is 19.6. The number of aliphatic carboxylic acids is 6. The third-order valence-corrected chi connectivity index (χ3v) is 2.07. The van der Waals surface area contributed by atoms with Crippen molar-refractivity contribution >= 4 is 52.6 Å². The molecule has 0 rings (SSSR count). The molecule has 0 aliphatic heterocycles. The molecule has 0 spiro atoms. The van der Waals surface area contributed by atoms with E-state index in [4.69, 9.17) is 17.2 Å². The molecule has 15 nitrogen and oxygen atoms in total. The van der Waals surface area contributed by atoms with E-state index in [1.807, 2.05) is 0 Å². The van der Waals surface area contributed by atoms with Crippen LogP contribution in [-0.4, -0.2) is 70.8 Å². The number of carboxylic acid groups (broad SMARTS) is 6. The zero-order valence-electron chi connectivity index (χ0n) is 14.6. The number of nitrogens with two attached hydrogens (primary N) is 3. The summed E-state index contributed by atoms with van der Waals surface area (Å²) in [4.78, 5) is 58.0. The van der Waals surface area contributed by atoms with Crippen LogP contribution in [0, 0.1) is 0 Å². The van der Waals surface area contributed by atoms with Gasteiger partial charge in [-0.15, -0.1) is 0 Å². The van der Waals surface area contributed by atoms with E-state index >= 15 is 0 Å². The molecule has 0 aliphatic carbocycles. The van der Waals surface area contributed by atoms with Gasteiger partial charge < -0.3 is 76.6 Å². The van der Waals surface area contributed by atoms with E-state index in [0.717, 1.165) is 0 Å². The normalized spacial score (nSPS) is 11.7. The SMILES string of the molecule is NC(CC(=O)[O-])C(=O)[O-].NC(CC(=O)[O-])C(=O)[O-].NC(CC(=O)[O-])C(=O)[O-].[B+3].[B+3]. The fourth-order valence-electron chi connectivity index (χ4n) is 0.789. The Morgan fingerprint density at radius 3 is 0.655 bits per heavy atom. The topological polar surface area (TPSA) is 319 Å². The molecule has 0 aliphatic rings. The van der Waals surface area contributed by atoms with Crippen molar-refractivity contribution in [1.29, 1.82) is 0 Å². The van der Waals surface area contributed by atoms with Crippen molar-refractivity contribution in [3.8, 4) is 0 Å². The van der Waals surface area contributed by atoms with E-state index in [0.29, 0.717) is 0 Å². The van der Waals surface area contributed by atoms with Gasteiger partial charge >= 0.3 is 16.8 Å². The zero-order chi connectivity index (χ0) is 22.3. The Morgan fingerprint density at radius 1 is 0.483 bits per heavy atom. The number of carbonyl (C=O) groups is 6. The molecular weight excluding hydrogens is 400 g/mol. The van der Waals surface area contributed by atoms with Crippen LogP contribution < -0.4 is 47.8 Å². The summed E-state index contributed by atoms with van der Waals surface area (Å²) in [7, 11) is 0. The fraction of sp³-hybridized carbons (Fsp3) is 0.500. The molecule has 0 aromatic rings. The largest absolute Gasteiger partial charge is 3.00 e. The minimum Gasteiger partial charge on any atom is -0.550 e. The first-order valence-electron chi connectivity index (χ1n) is 6.60. The van der Waals surface area contributed by atoms with Gasteiger partial charge in [0.15, 0.2) is 0 Å². The van der Waals surface area contributed by atoms with E-state index in [1.165, 1.54) is 0 Å². The van der Waals surface area contributed by atoms with Crippen LogP contribution in [0.4, 0.5) is 0 Å². The van der Waals surface area contributed by atoms with Gasteiger partial charge in [-0.1, -0.05) is 0 Å². The third kappa shape index (κ3) is 29.8. The smallest absolute Gasteiger partial charge is 0.550 e. The van der Waals surface area contributed by atoms with Crippen LogP contribution >= 0.6 is 0 Å². The predicted octanol–water partition coefficient (Wildman–Crippen LogP) is -12.2. The Hall–Kier alpha value is -3.17. The van der Waals surface area contributed by atoms with Crippen LogP contribution in [0.3, 0.4) is 0 Å². The van der Waals surface area contributed by atoms with Gasteiger partial charge in [0.1, 0.15) is 0 Å². The minimum absolute atomic E-state index is 0. The van der Waals surface area contributed by atoms with Gasteiger partial charge in [-0.3, -0.25) is 0 Å². The monoisotopic (exact) mass is 415 g/mol. The summed E-state index contributed by atoms with van der Waals surface area (Å²) in [5.74, 6) is -9.23. The third-order valence-electron chi connectivity index (χ3n) is 2.07. The van der Waals surface area contributed by atoms with Crippen molar-refractivity contribution < 1.29 is 59.4 Å². The first kappa shape index (κ1) is 36.7. The van der Waals surface area contributed by atoms with Crippen LogP contribution in [0.5, 0.6) is 0 Å². The summed E-state index contributed by atoms with van der Waals surface area (Å²) in [6.07, 6.45) is -2.12. The van der Waals surface area contributed by atoms with Crippen molar-refractivity contribution in [3.05, 3.63) is 0 Å². The Bertz CT molecular complexity index is 484. The summed E-state index contributed by atoms with van der Waals surface area (Å²) in [6, 6.07) is -4.39. The van der Waals surface area contributed by atoms with Crippen molar-refractivity contribution in [2.75, 3.05) is 0 Å². The first-order chi connectivity index (χ1) is 12.1. The molecule has 3 atom stereocenters. The van der Waals surface area contributed by atoms with Crippen molar-refractivity contribution in [2.45, 2.75) is 37.4 Å². The van der Waals surface area contributed by atoms with Gasteiger partial charge in [-0.2, -0.15) is 0 Å². The van der Waals surface area contributed by atoms with Crippen LogP contribution in [0.25, 0.3) is 0 Å². The molecule has 0 fully saturated rings. The number of carboxylic acids is 6. The van der Waals surface area contributed by atoms with Crippen LogP contribution in [0.1, 0.15) is 19.3 Å². The number of carbonyl (C=O) groups excluding carboxylic acids is 6. The van der Waals surface area contributed by atoms with Crippen LogP contribution in [0.2, 0.25) is 0 Å². The molecule has 17 heteroatoms. The molecule has 0 bridgehead atoms. The maximum atomic E-state index is 9.71. The predicted molar refractivity (Wildman–Crippen MR) is 79.3 cm³/mol. The van der Waals surface area contributed by atoms with Gasteiger partial charge in [-0.05, 0) is 0 Å². The maximum absolute atomic E-state index is 9.71. The van der Waals surface area contributed by atoms with Gasteiger partial charge in [0.2, 0.25) is 0 Å². The number of hydrogen-bond donors (Lipinski definition) is 3. The summed E-state index contributed by atoms with van der Waals surface area (Å²) in [5, 5.41) is 58.0. The van der Waals surface area contributed by atoms with Crippen LogP contribution in [0.15, 0.2) is 0 Å². The van der Waals surface area contributed by atoms with E-state index in [2.05, 4.69) is 0 Å². The van der Waals surface area contributed by atoms with E-state index < -0.39 is 73.2 Å². The number of hydrogen-bond acceptors (Lipinski definition) is 15. The standard InChI is InChI=1S/3C4H7NO4.2B/c3*5-2(4(8)9)1-3(6)7;;/h3*2H,1,5H2,(H,6,7)(H,8,9);;/q;;;2*+3/p-6. The molecule has 29 heavy (non-hydrogen) atoms. The summed E-state index contributed by atoms with van der Waals surface area (Å²) >= 11 is 0. The van der Waals surface area contributed by atoms with Gasteiger partial charge in [0.05, 0.1) is 17.9 Å². The number of rotatable bonds is 9. The second-order valence-electron chi connectivity index (χ2n) is 4.50. The fourth-order valence-corrected chi connectivity index (χ4v) is 0.789. The average Bonchev–Trinajstić information content (AvgIpc) is 2.46. The van der Waals surface area contributed by atoms with Gasteiger partial charge in [0, 0.05) is 55.3 Å². The summed E-state index contributed by atoms with van der Waals surface area (Å²) < 4.78 is 0. The second-order valence-corrected chi connectivity index (χ2v) is 4.50. The molecule has 0 saturated carbocycles. The molecule has 0 heterocycles. The zero-order valence-corrected chi connectivity index (χ0v) is 14.6. The minimum atomic E-state index is -1.58. The molecule has 6 N–H and O–H groups in total.